The fourth-order valence-electron chi connectivity index (χ4n) is 0.701. The highest BCUT2D eigenvalue weighted by Crippen LogP contribution is 2.57. The number of hydrogen-bond donors (Lipinski definition) is 0. The maximum atomic E-state index is 12.4. The molecule has 0 aromatic heterocycles. The van der Waals surface area contributed by atoms with Crippen molar-refractivity contribution >= 4 is 5.97 Å². The first-order chi connectivity index (χ1) is 9.94. The normalized spacial score (nSPS) is 14.8. The maximum absolute atomic E-state index is 12.4. The van der Waals surface area contributed by atoms with Crippen LogP contribution < -0.4 is 5.11 Å². The summed E-state index contributed by atoms with van der Waals surface area (Å²) in [6.07, 6.45) is -7.32. The van der Waals surface area contributed by atoms with Crippen molar-refractivity contribution in [3.63, 3.8) is 0 Å². The molecule has 0 unspecified atom stereocenters. The monoisotopic (exact) mass is 387 g/mol. The van der Waals surface area contributed by atoms with Crippen LogP contribution in [0, 0.1) is 0 Å². The molecule has 24 heavy (non-hydrogen) atoms. The highest BCUT2D eigenvalue weighted by Gasteiger charge is 2.87. The summed E-state index contributed by atoms with van der Waals surface area (Å²) in [5.41, 5.74) is 0. The van der Waals surface area contributed by atoms with Crippen molar-refractivity contribution in [2.75, 3.05) is 28.2 Å². The zero-order valence-corrected chi connectivity index (χ0v) is 12.4. The number of aliphatic carboxylic acids is 1. The molecular formula is C10H12F11NO2. The van der Waals surface area contributed by atoms with Crippen LogP contribution in [0.2, 0.25) is 0 Å². The van der Waals surface area contributed by atoms with Crippen molar-refractivity contribution in [1.82, 2.24) is 0 Å². The Morgan fingerprint density at radius 2 is 0.917 bits per heavy atom. The van der Waals surface area contributed by atoms with E-state index in [0.717, 1.165) is 4.48 Å². The zero-order chi connectivity index (χ0) is 20.6. The summed E-state index contributed by atoms with van der Waals surface area (Å²) in [6, 6.07) is 0. The van der Waals surface area contributed by atoms with Crippen molar-refractivity contribution < 1.29 is 62.7 Å². The third-order valence-corrected chi connectivity index (χ3v) is 1.80. The van der Waals surface area contributed by atoms with E-state index in [-0.39, 0.29) is 0 Å². The zero-order valence-electron chi connectivity index (χ0n) is 12.4. The van der Waals surface area contributed by atoms with E-state index in [9.17, 15) is 58.2 Å². The SMILES string of the molecule is C[N+](C)(C)C.O=C([O-])C(F)(F)C(F)(F)C(F)(F)C(F)(F)C(F)(F)F. The van der Waals surface area contributed by atoms with Crippen molar-refractivity contribution in [2.24, 2.45) is 0 Å². The summed E-state index contributed by atoms with van der Waals surface area (Å²) in [5.74, 6) is -34.1. The van der Waals surface area contributed by atoms with E-state index in [1.165, 1.54) is 0 Å². The Labute approximate surface area is 128 Å². The molecule has 0 aliphatic heterocycles. The molecule has 0 saturated heterocycles. The molecule has 0 N–H and O–H groups in total. The molecule has 0 rings (SSSR count). The average Bonchev–Trinajstić information content (AvgIpc) is 2.23. The minimum absolute atomic E-state index is 1.00. The molecule has 146 valence electrons. The molecule has 0 aliphatic rings. The Morgan fingerprint density at radius 3 is 1.08 bits per heavy atom. The molecule has 0 spiro atoms. The lowest BCUT2D eigenvalue weighted by atomic mass is 9.98. The second-order valence-electron chi connectivity index (χ2n) is 5.77. The van der Waals surface area contributed by atoms with Crippen LogP contribution in [0.5, 0.6) is 0 Å². The Bertz CT molecular complexity index is 445. The molecule has 0 atom stereocenters. The van der Waals surface area contributed by atoms with Crippen LogP contribution in [-0.4, -0.2) is 68.5 Å². The number of nitrogens with zero attached hydrogens (tertiary/aromatic N) is 1. The second-order valence-corrected chi connectivity index (χ2v) is 5.77. The summed E-state index contributed by atoms with van der Waals surface area (Å²) >= 11 is 0. The minimum atomic E-state index is -7.72. The quantitative estimate of drug-likeness (QED) is 0.548. The summed E-state index contributed by atoms with van der Waals surface area (Å²) in [5, 5.41) is 9.49. The van der Waals surface area contributed by atoms with Gasteiger partial charge in [-0.25, -0.2) is 0 Å². The van der Waals surface area contributed by atoms with Gasteiger partial charge in [0.05, 0.1) is 28.2 Å². The molecule has 0 aromatic rings. The summed E-state index contributed by atoms with van der Waals surface area (Å²) in [4.78, 5) is 9.49. The summed E-state index contributed by atoms with van der Waals surface area (Å²) < 4.78 is 133. The van der Waals surface area contributed by atoms with Gasteiger partial charge in [-0.2, -0.15) is 48.3 Å². The van der Waals surface area contributed by atoms with Crippen LogP contribution in [0.1, 0.15) is 0 Å². The lowest BCUT2D eigenvalue weighted by molar-refractivity contribution is -0.849. The number of alkyl halides is 11. The Hall–Kier alpha value is -1.34. The van der Waals surface area contributed by atoms with E-state index in [0.29, 0.717) is 0 Å². The summed E-state index contributed by atoms with van der Waals surface area (Å²) in [7, 11) is 8.50. The van der Waals surface area contributed by atoms with Crippen LogP contribution in [0.4, 0.5) is 48.3 Å². The molecule has 0 bridgehead atoms. The molecule has 3 nitrogen and oxygen atoms in total. The molecule has 0 radical (unpaired) electrons. The molecule has 0 saturated carbocycles. The van der Waals surface area contributed by atoms with Gasteiger partial charge < -0.3 is 14.4 Å². The van der Waals surface area contributed by atoms with Crippen LogP contribution >= 0.6 is 0 Å². The van der Waals surface area contributed by atoms with Crippen LogP contribution in [0.25, 0.3) is 0 Å². The highest BCUT2D eigenvalue weighted by atomic mass is 19.4. The second kappa shape index (κ2) is 6.52. The van der Waals surface area contributed by atoms with E-state index < -0.39 is 35.8 Å². The predicted octanol–water partition coefficient (Wildman–Crippen LogP) is 2.16. The topological polar surface area (TPSA) is 40.1 Å². The summed E-state index contributed by atoms with van der Waals surface area (Å²) in [6.45, 7) is 0. The van der Waals surface area contributed by atoms with Crippen molar-refractivity contribution in [3.8, 4) is 0 Å². The number of carboxylic acids is 1. The Kier molecular flexibility index (Phi) is 6.76. The van der Waals surface area contributed by atoms with Crippen LogP contribution in [0.3, 0.4) is 0 Å². The third-order valence-electron chi connectivity index (χ3n) is 1.80. The molecule has 0 aliphatic carbocycles. The lowest BCUT2D eigenvalue weighted by Crippen LogP contribution is -2.69. The number of hydrogen-bond acceptors (Lipinski definition) is 2. The first kappa shape index (κ1) is 24.9. The minimum Gasteiger partial charge on any atom is -0.544 e. The van der Waals surface area contributed by atoms with Crippen molar-refractivity contribution in [3.05, 3.63) is 0 Å². The third kappa shape index (κ3) is 4.83. The van der Waals surface area contributed by atoms with Crippen molar-refractivity contribution in [2.45, 2.75) is 29.9 Å². The van der Waals surface area contributed by atoms with E-state index in [1.807, 2.05) is 0 Å². The number of quaternary nitrogens is 1. The smallest absolute Gasteiger partial charge is 0.460 e. The molecule has 0 aromatic carbocycles. The number of carbonyl (C=O) groups excluding carboxylic acids is 1. The van der Waals surface area contributed by atoms with Crippen LogP contribution in [-0.2, 0) is 4.79 Å². The van der Waals surface area contributed by atoms with Gasteiger partial charge in [-0.05, 0) is 0 Å². The first-order valence-corrected chi connectivity index (χ1v) is 5.53. The van der Waals surface area contributed by atoms with Gasteiger partial charge in [0.25, 0.3) is 0 Å². The van der Waals surface area contributed by atoms with E-state index in [4.69, 9.17) is 0 Å². The first-order valence-electron chi connectivity index (χ1n) is 5.53. The van der Waals surface area contributed by atoms with Gasteiger partial charge in [-0.3, -0.25) is 0 Å². The van der Waals surface area contributed by atoms with Gasteiger partial charge in [0.2, 0.25) is 0 Å². The molecular weight excluding hydrogens is 375 g/mol. The predicted molar refractivity (Wildman–Crippen MR) is 54.8 cm³/mol. The average molecular weight is 387 g/mol. The van der Waals surface area contributed by atoms with E-state index in [2.05, 4.69) is 28.2 Å². The fourth-order valence-corrected chi connectivity index (χ4v) is 0.701. The van der Waals surface area contributed by atoms with Gasteiger partial charge in [-0.15, -0.1) is 0 Å². The molecule has 0 amide bonds. The number of carboxylic acid groups (broad SMARTS) is 1. The number of rotatable bonds is 4. The highest BCUT2D eigenvalue weighted by molar-refractivity contribution is 5.75. The molecule has 14 heteroatoms. The largest absolute Gasteiger partial charge is 0.544 e. The van der Waals surface area contributed by atoms with Gasteiger partial charge in [-0.1, -0.05) is 0 Å². The van der Waals surface area contributed by atoms with E-state index in [1.54, 1.807) is 0 Å². The van der Waals surface area contributed by atoms with Gasteiger partial charge in [0.1, 0.15) is 5.97 Å². The Morgan fingerprint density at radius 1 is 0.667 bits per heavy atom. The van der Waals surface area contributed by atoms with Gasteiger partial charge >= 0.3 is 29.9 Å². The Balaban J connectivity index is 0. The van der Waals surface area contributed by atoms with Gasteiger partial charge in [0.15, 0.2) is 0 Å². The standard InChI is InChI=1S/C6HF11O2.C4H12N/c7-2(8,1(18)19)3(9,10)4(11,12)5(13,14)6(15,16)17;1-5(2,3)4/h(H,18,19);1-4H3/q;+1/p-1. The molecule has 0 fully saturated rings. The number of carbonyl (C=O) groups is 1. The van der Waals surface area contributed by atoms with Crippen LogP contribution in [0.15, 0.2) is 0 Å². The lowest BCUT2D eigenvalue weighted by Gasteiger charge is -2.37. The van der Waals surface area contributed by atoms with Crippen molar-refractivity contribution in [1.29, 1.82) is 0 Å². The molecule has 0 heterocycles. The maximum Gasteiger partial charge on any atom is 0.460 e. The fraction of sp³-hybridized carbons (Fsp3) is 0.900. The number of halogens is 11. The van der Waals surface area contributed by atoms with E-state index >= 15 is 0 Å². The van der Waals surface area contributed by atoms with Gasteiger partial charge in [0, 0.05) is 0 Å².